The summed E-state index contributed by atoms with van der Waals surface area (Å²) >= 11 is 0. The highest BCUT2D eigenvalue weighted by Crippen LogP contribution is 2.36. The van der Waals surface area contributed by atoms with Crippen molar-refractivity contribution < 1.29 is 9.21 Å². The number of benzene rings is 1. The Kier molecular flexibility index (Phi) is 4.15. The van der Waals surface area contributed by atoms with Gasteiger partial charge in [-0.15, -0.1) is 0 Å². The van der Waals surface area contributed by atoms with Gasteiger partial charge in [-0.3, -0.25) is 9.69 Å². The number of hydrogen-bond acceptors (Lipinski definition) is 3. The van der Waals surface area contributed by atoms with Gasteiger partial charge >= 0.3 is 0 Å². The Hall–Kier alpha value is -2.07. The first kappa shape index (κ1) is 15.5. The van der Waals surface area contributed by atoms with Crippen LogP contribution >= 0.6 is 0 Å². The first-order valence-corrected chi connectivity index (χ1v) is 8.90. The van der Waals surface area contributed by atoms with Crippen LogP contribution in [0.2, 0.25) is 0 Å². The average Bonchev–Trinajstić information content (AvgIpc) is 3.28. The number of amides is 1. The molecule has 2 heterocycles. The van der Waals surface area contributed by atoms with Crippen molar-refractivity contribution in [2.75, 3.05) is 13.1 Å². The Balaban J connectivity index is 1.58. The summed E-state index contributed by atoms with van der Waals surface area (Å²) in [5, 5.41) is 3.13. The van der Waals surface area contributed by atoms with Gasteiger partial charge in [0.25, 0.3) is 0 Å². The van der Waals surface area contributed by atoms with Crippen LogP contribution in [0.3, 0.4) is 0 Å². The predicted octanol–water partition coefficient (Wildman–Crippen LogP) is 2.92. The third kappa shape index (κ3) is 2.75. The maximum absolute atomic E-state index is 13.2. The van der Waals surface area contributed by atoms with E-state index in [0.717, 1.165) is 31.7 Å². The number of nitrogens with zero attached hydrogens (tertiary/aromatic N) is 1. The van der Waals surface area contributed by atoms with E-state index in [4.69, 9.17) is 4.42 Å². The number of fused-ring (bicyclic) bond motifs is 1. The summed E-state index contributed by atoms with van der Waals surface area (Å²) in [7, 11) is 0. The van der Waals surface area contributed by atoms with Crippen LogP contribution in [0.4, 0.5) is 0 Å². The molecule has 0 saturated carbocycles. The van der Waals surface area contributed by atoms with Crippen LogP contribution < -0.4 is 5.32 Å². The molecule has 0 atom stereocenters. The fourth-order valence-electron chi connectivity index (χ4n) is 4.19. The number of carbonyl (C=O) groups is 1. The van der Waals surface area contributed by atoms with Crippen LogP contribution in [0.1, 0.15) is 36.1 Å². The van der Waals surface area contributed by atoms with Gasteiger partial charge in [-0.05, 0) is 49.2 Å². The molecule has 1 saturated heterocycles. The normalized spacial score (nSPS) is 19.8. The van der Waals surface area contributed by atoms with Crippen LogP contribution in [0.5, 0.6) is 0 Å². The second-order valence-corrected chi connectivity index (χ2v) is 6.96. The minimum Gasteiger partial charge on any atom is -0.467 e. The third-order valence-corrected chi connectivity index (χ3v) is 5.47. The van der Waals surface area contributed by atoms with Gasteiger partial charge in [0.1, 0.15) is 11.3 Å². The lowest BCUT2D eigenvalue weighted by molar-refractivity contribution is -0.134. The summed E-state index contributed by atoms with van der Waals surface area (Å²) in [5.74, 6) is 0.935. The molecular weight excluding hydrogens is 300 g/mol. The number of hydrogen-bond donors (Lipinski definition) is 1. The molecule has 0 radical (unpaired) electrons. The zero-order chi connectivity index (χ0) is 16.4. The number of nitrogens with one attached hydrogen (secondary N) is 1. The van der Waals surface area contributed by atoms with Crippen molar-refractivity contribution in [3.05, 3.63) is 59.5 Å². The van der Waals surface area contributed by atoms with Crippen molar-refractivity contribution in [1.82, 2.24) is 10.2 Å². The second kappa shape index (κ2) is 6.44. The van der Waals surface area contributed by atoms with Gasteiger partial charge < -0.3 is 9.73 Å². The number of piperidine rings is 1. The largest absolute Gasteiger partial charge is 0.467 e. The number of rotatable bonds is 4. The van der Waals surface area contributed by atoms with Crippen molar-refractivity contribution in [3.8, 4) is 0 Å². The SMILES string of the molecule is O=C(NCc1ccco1)C1(N2CCCCC2)Cc2ccccc2C1. The minimum atomic E-state index is -0.434. The van der Waals surface area contributed by atoms with E-state index in [0.29, 0.717) is 6.54 Å². The van der Waals surface area contributed by atoms with E-state index in [1.54, 1.807) is 6.26 Å². The molecule has 0 bridgehead atoms. The molecule has 1 amide bonds. The van der Waals surface area contributed by atoms with Gasteiger partial charge in [0.2, 0.25) is 5.91 Å². The molecule has 126 valence electrons. The van der Waals surface area contributed by atoms with E-state index in [9.17, 15) is 4.79 Å². The lowest BCUT2D eigenvalue weighted by atomic mass is 9.89. The van der Waals surface area contributed by atoms with Crippen LogP contribution in [0, 0.1) is 0 Å². The smallest absolute Gasteiger partial charge is 0.241 e. The van der Waals surface area contributed by atoms with Crippen molar-refractivity contribution in [1.29, 1.82) is 0 Å². The lowest BCUT2D eigenvalue weighted by Crippen LogP contribution is -2.60. The zero-order valence-electron chi connectivity index (χ0n) is 14.0. The van der Waals surface area contributed by atoms with Crippen molar-refractivity contribution in [3.63, 3.8) is 0 Å². The van der Waals surface area contributed by atoms with Crippen molar-refractivity contribution in [2.24, 2.45) is 0 Å². The summed E-state index contributed by atoms with van der Waals surface area (Å²) in [5.41, 5.74) is 2.20. The molecule has 2 aliphatic rings. The summed E-state index contributed by atoms with van der Waals surface area (Å²) < 4.78 is 5.36. The van der Waals surface area contributed by atoms with Gasteiger partial charge in [0.15, 0.2) is 0 Å². The third-order valence-electron chi connectivity index (χ3n) is 5.47. The standard InChI is InChI=1S/C20H24N2O2/c23-19(21-15-18-9-6-12-24-18)20(22-10-4-1-5-11-22)13-16-7-2-3-8-17(16)14-20/h2-3,6-9,12H,1,4-5,10-11,13-15H2,(H,21,23). The zero-order valence-corrected chi connectivity index (χ0v) is 14.0. The molecule has 1 aliphatic carbocycles. The predicted molar refractivity (Wildman–Crippen MR) is 92.6 cm³/mol. The molecule has 1 aromatic heterocycles. The van der Waals surface area contributed by atoms with Crippen molar-refractivity contribution >= 4 is 5.91 Å². The maximum atomic E-state index is 13.2. The monoisotopic (exact) mass is 324 g/mol. The van der Waals surface area contributed by atoms with Crippen LogP contribution in [0.25, 0.3) is 0 Å². The highest BCUT2D eigenvalue weighted by molar-refractivity contribution is 5.88. The Morgan fingerprint density at radius 2 is 1.75 bits per heavy atom. The maximum Gasteiger partial charge on any atom is 0.241 e. The molecule has 4 rings (SSSR count). The number of carbonyl (C=O) groups excluding carboxylic acids is 1. The van der Waals surface area contributed by atoms with E-state index in [-0.39, 0.29) is 5.91 Å². The molecule has 0 spiro atoms. The molecule has 1 aromatic carbocycles. The van der Waals surface area contributed by atoms with Crippen LogP contribution in [-0.4, -0.2) is 29.4 Å². The molecule has 24 heavy (non-hydrogen) atoms. The molecule has 1 N–H and O–H groups in total. The molecule has 1 fully saturated rings. The first-order valence-electron chi connectivity index (χ1n) is 8.90. The molecule has 2 aromatic rings. The van der Waals surface area contributed by atoms with E-state index in [2.05, 4.69) is 34.5 Å². The highest BCUT2D eigenvalue weighted by Gasteiger charge is 2.48. The van der Waals surface area contributed by atoms with E-state index >= 15 is 0 Å². The average molecular weight is 324 g/mol. The topological polar surface area (TPSA) is 45.5 Å². The van der Waals surface area contributed by atoms with Crippen LogP contribution in [0.15, 0.2) is 47.1 Å². The Morgan fingerprint density at radius 3 is 2.38 bits per heavy atom. The fraction of sp³-hybridized carbons (Fsp3) is 0.450. The first-order chi connectivity index (χ1) is 11.8. The van der Waals surface area contributed by atoms with Crippen LogP contribution in [-0.2, 0) is 24.2 Å². The molecule has 4 nitrogen and oxygen atoms in total. The number of likely N-dealkylation sites (tertiary alicyclic amines) is 1. The summed E-state index contributed by atoms with van der Waals surface area (Å²) in [6, 6.07) is 12.2. The second-order valence-electron chi connectivity index (χ2n) is 6.96. The van der Waals surface area contributed by atoms with Gasteiger partial charge in [0, 0.05) is 12.8 Å². The Morgan fingerprint density at radius 1 is 1.04 bits per heavy atom. The van der Waals surface area contributed by atoms with Gasteiger partial charge in [-0.1, -0.05) is 30.7 Å². The molecular formula is C20H24N2O2. The Labute approximate surface area is 142 Å². The summed E-state index contributed by atoms with van der Waals surface area (Å²) in [6.45, 7) is 2.49. The highest BCUT2D eigenvalue weighted by atomic mass is 16.3. The van der Waals surface area contributed by atoms with Gasteiger partial charge in [-0.25, -0.2) is 0 Å². The molecule has 0 unspecified atom stereocenters. The van der Waals surface area contributed by atoms with E-state index < -0.39 is 5.54 Å². The quantitative estimate of drug-likeness (QED) is 0.940. The molecule has 1 aliphatic heterocycles. The van der Waals surface area contributed by atoms with Gasteiger partial charge in [-0.2, -0.15) is 0 Å². The summed E-state index contributed by atoms with van der Waals surface area (Å²) in [6.07, 6.45) is 6.91. The summed E-state index contributed by atoms with van der Waals surface area (Å²) in [4.78, 5) is 15.7. The van der Waals surface area contributed by atoms with E-state index in [1.807, 2.05) is 12.1 Å². The van der Waals surface area contributed by atoms with E-state index in [1.165, 1.54) is 30.4 Å². The molecule has 4 heteroatoms. The minimum absolute atomic E-state index is 0.136. The van der Waals surface area contributed by atoms with Gasteiger partial charge in [0.05, 0.1) is 12.8 Å². The fourth-order valence-corrected chi connectivity index (χ4v) is 4.19. The number of furan rings is 1. The lowest BCUT2D eigenvalue weighted by Gasteiger charge is -2.42. The van der Waals surface area contributed by atoms with Crippen molar-refractivity contribution in [2.45, 2.75) is 44.2 Å². The Bertz CT molecular complexity index is 677.